The van der Waals surface area contributed by atoms with Gasteiger partial charge in [-0.15, -0.1) is 0 Å². The Hall–Kier alpha value is -0.850. The molecule has 0 spiro atoms. The number of thiol groups is 1. The summed E-state index contributed by atoms with van der Waals surface area (Å²) in [5, 5.41) is 3.30. The number of fused-ring (bicyclic) bond motifs is 1. The molecule has 2 heterocycles. The van der Waals surface area contributed by atoms with E-state index < -0.39 is 5.54 Å². The number of nitrogens with zero attached hydrogens (tertiary/aromatic N) is 2. The second-order valence-corrected chi connectivity index (χ2v) is 8.27. The molecule has 1 aliphatic carbocycles. The van der Waals surface area contributed by atoms with Crippen molar-refractivity contribution in [2.24, 2.45) is 5.92 Å². The maximum absolute atomic E-state index is 14.4. The molecular weight excluding hydrogens is 377 g/mol. The van der Waals surface area contributed by atoms with Crippen LogP contribution in [0.3, 0.4) is 0 Å². The first-order valence-electron chi connectivity index (χ1n) is 7.92. The molecule has 2 aliphatic rings. The average molecular weight is 396 g/mol. The van der Waals surface area contributed by atoms with Crippen molar-refractivity contribution < 1.29 is 4.39 Å². The van der Waals surface area contributed by atoms with Crippen LogP contribution < -0.4 is 5.32 Å². The molecule has 2 unspecified atom stereocenters. The van der Waals surface area contributed by atoms with E-state index in [-0.39, 0.29) is 11.2 Å². The van der Waals surface area contributed by atoms with E-state index >= 15 is 0 Å². The van der Waals surface area contributed by atoms with Crippen molar-refractivity contribution in [3.8, 4) is 0 Å². The quantitative estimate of drug-likeness (QED) is 0.763. The van der Waals surface area contributed by atoms with Gasteiger partial charge in [0.25, 0.3) is 0 Å². The number of aromatic nitrogens is 2. The number of nitrogens with one attached hydrogen (secondary N) is 1. The Balaban J connectivity index is 1.74. The van der Waals surface area contributed by atoms with Gasteiger partial charge in [-0.2, -0.15) is 12.6 Å². The number of benzene rings is 1. The number of hydrogen-bond donors (Lipinski definition) is 2. The van der Waals surface area contributed by atoms with E-state index in [1.165, 1.54) is 18.9 Å². The van der Waals surface area contributed by atoms with Crippen molar-refractivity contribution in [3.63, 3.8) is 0 Å². The number of rotatable bonds is 3. The van der Waals surface area contributed by atoms with Crippen LogP contribution in [0.5, 0.6) is 0 Å². The topological polar surface area (TPSA) is 29.9 Å². The van der Waals surface area contributed by atoms with E-state index in [0.29, 0.717) is 12.1 Å². The van der Waals surface area contributed by atoms with Gasteiger partial charge in [-0.1, -0.05) is 15.9 Å². The average Bonchev–Trinajstić information content (AvgIpc) is 3.22. The van der Waals surface area contributed by atoms with Gasteiger partial charge in [0.1, 0.15) is 11.6 Å². The predicted octanol–water partition coefficient (Wildman–Crippen LogP) is 4.18. The zero-order valence-electron chi connectivity index (χ0n) is 12.9. The summed E-state index contributed by atoms with van der Waals surface area (Å²) in [5.74, 6) is 1.67. The normalized spacial score (nSPS) is 27.0. The van der Waals surface area contributed by atoms with Crippen LogP contribution in [-0.2, 0) is 18.5 Å². The molecule has 1 aromatic carbocycles. The molecule has 4 rings (SSSR count). The Bertz CT molecular complexity index is 758. The highest BCUT2D eigenvalue weighted by Gasteiger charge is 2.39. The highest BCUT2D eigenvalue weighted by atomic mass is 79.9. The largest absolute Gasteiger partial charge is 0.328 e. The van der Waals surface area contributed by atoms with Gasteiger partial charge in [0.05, 0.1) is 22.8 Å². The third-order valence-corrected chi connectivity index (χ3v) is 5.76. The van der Waals surface area contributed by atoms with E-state index in [1.54, 1.807) is 6.07 Å². The molecule has 2 atom stereocenters. The monoisotopic (exact) mass is 395 g/mol. The van der Waals surface area contributed by atoms with Gasteiger partial charge in [-0.3, -0.25) is 5.32 Å². The Morgan fingerprint density at radius 2 is 2.26 bits per heavy atom. The van der Waals surface area contributed by atoms with Gasteiger partial charge in [0.2, 0.25) is 0 Å². The lowest BCUT2D eigenvalue weighted by molar-refractivity contribution is 0.257. The van der Waals surface area contributed by atoms with Crippen LogP contribution in [0.1, 0.15) is 42.2 Å². The van der Waals surface area contributed by atoms with Crippen LogP contribution in [0, 0.1) is 11.7 Å². The summed E-state index contributed by atoms with van der Waals surface area (Å²) in [6, 6.07) is 5.09. The molecule has 6 heteroatoms. The Kier molecular flexibility index (Phi) is 3.82. The molecule has 3 nitrogen and oxygen atoms in total. The summed E-state index contributed by atoms with van der Waals surface area (Å²) in [7, 11) is 0. The minimum atomic E-state index is -0.522. The van der Waals surface area contributed by atoms with Gasteiger partial charge < -0.3 is 4.57 Å². The molecular formula is C17H19BrFN3S. The standard InChI is InChI=1S/C17H19BrFN3S/c1-17(12-7-11(18)4-5-13(12)19)9-22-14(16(23)21-17)8-20-15(22)6-10-2-3-10/h4-5,7-8,10,16,21,23H,2-3,6,9H2,1H3. The lowest BCUT2D eigenvalue weighted by Crippen LogP contribution is -2.49. The van der Waals surface area contributed by atoms with Gasteiger partial charge in [0.15, 0.2) is 0 Å². The SMILES string of the molecule is CC1(c2cc(Br)ccc2F)Cn2c(cnc2CC2CC2)C(S)N1. The van der Waals surface area contributed by atoms with Crippen molar-refractivity contribution >= 4 is 28.6 Å². The van der Waals surface area contributed by atoms with E-state index in [2.05, 4.69) is 43.4 Å². The van der Waals surface area contributed by atoms with Crippen LogP contribution in [0.4, 0.5) is 4.39 Å². The zero-order chi connectivity index (χ0) is 16.2. The molecule has 1 fully saturated rings. The lowest BCUT2D eigenvalue weighted by Gasteiger charge is -2.40. The first kappa shape index (κ1) is 15.7. The van der Waals surface area contributed by atoms with Crippen molar-refractivity contribution in [3.05, 3.63) is 51.8 Å². The van der Waals surface area contributed by atoms with Crippen molar-refractivity contribution in [1.29, 1.82) is 0 Å². The van der Waals surface area contributed by atoms with Crippen molar-refractivity contribution in [2.75, 3.05) is 0 Å². The van der Waals surface area contributed by atoms with E-state index in [4.69, 9.17) is 0 Å². The molecule has 0 saturated heterocycles. The highest BCUT2D eigenvalue weighted by molar-refractivity contribution is 9.10. The Labute approximate surface area is 149 Å². The lowest BCUT2D eigenvalue weighted by atomic mass is 9.89. The fourth-order valence-electron chi connectivity index (χ4n) is 3.39. The summed E-state index contributed by atoms with van der Waals surface area (Å²) >= 11 is 8.13. The third-order valence-electron chi connectivity index (χ3n) is 4.87. The molecule has 1 aromatic heterocycles. The summed E-state index contributed by atoms with van der Waals surface area (Å²) in [6.07, 6.45) is 5.50. The second kappa shape index (κ2) is 5.60. The van der Waals surface area contributed by atoms with Gasteiger partial charge in [-0.25, -0.2) is 9.37 Å². The van der Waals surface area contributed by atoms with E-state index in [9.17, 15) is 4.39 Å². The fraction of sp³-hybridized carbons (Fsp3) is 0.471. The Morgan fingerprint density at radius 3 is 3.00 bits per heavy atom. The van der Waals surface area contributed by atoms with Crippen LogP contribution in [-0.4, -0.2) is 9.55 Å². The first-order valence-corrected chi connectivity index (χ1v) is 9.23. The summed E-state index contributed by atoms with van der Waals surface area (Å²) in [6.45, 7) is 2.69. The first-order chi connectivity index (χ1) is 11.0. The van der Waals surface area contributed by atoms with Crippen LogP contribution in [0.15, 0.2) is 28.9 Å². The molecule has 122 valence electrons. The molecule has 0 amide bonds. The van der Waals surface area contributed by atoms with E-state index in [1.807, 2.05) is 19.2 Å². The van der Waals surface area contributed by atoms with Crippen LogP contribution in [0.25, 0.3) is 0 Å². The number of imidazole rings is 1. The Morgan fingerprint density at radius 1 is 1.48 bits per heavy atom. The molecule has 2 aromatic rings. The predicted molar refractivity (Wildman–Crippen MR) is 95.0 cm³/mol. The summed E-state index contributed by atoms with van der Waals surface area (Å²) < 4.78 is 17.5. The van der Waals surface area contributed by atoms with Gasteiger partial charge in [0, 0.05) is 23.0 Å². The highest BCUT2D eigenvalue weighted by Crippen LogP contribution is 2.39. The van der Waals surface area contributed by atoms with E-state index in [0.717, 1.165) is 28.3 Å². The zero-order valence-corrected chi connectivity index (χ0v) is 15.4. The minimum absolute atomic E-state index is 0.160. The third kappa shape index (κ3) is 2.85. The second-order valence-electron chi connectivity index (χ2n) is 6.84. The summed E-state index contributed by atoms with van der Waals surface area (Å²) in [5.41, 5.74) is 1.20. The minimum Gasteiger partial charge on any atom is -0.328 e. The molecule has 23 heavy (non-hydrogen) atoms. The number of halogens is 2. The molecule has 1 saturated carbocycles. The maximum atomic E-state index is 14.4. The smallest absolute Gasteiger partial charge is 0.128 e. The maximum Gasteiger partial charge on any atom is 0.128 e. The van der Waals surface area contributed by atoms with Crippen LogP contribution in [0.2, 0.25) is 0 Å². The fourth-order valence-corrected chi connectivity index (χ4v) is 4.25. The van der Waals surface area contributed by atoms with Gasteiger partial charge in [-0.05, 0) is 43.9 Å². The molecule has 0 radical (unpaired) electrons. The summed E-state index contributed by atoms with van der Waals surface area (Å²) in [4.78, 5) is 4.60. The molecule has 1 N–H and O–H groups in total. The van der Waals surface area contributed by atoms with Crippen molar-refractivity contribution in [2.45, 2.75) is 43.6 Å². The van der Waals surface area contributed by atoms with Crippen LogP contribution >= 0.6 is 28.6 Å². The van der Waals surface area contributed by atoms with Crippen molar-refractivity contribution in [1.82, 2.24) is 14.9 Å². The number of hydrogen-bond acceptors (Lipinski definition) is 3. The van der Waals surface area contributed by atoms with Gasteiger partial charge >= 0.3 is 0 Å². The molecule has 1 aliphatic heterocycles. The molecule has 0 bridgehead atoms.